The Morgan fingerprint density at radius 1 is 0.534 bits per heavy atom. The van der Waals surface area contributed by atoms with Crippen molar-refractivity contribution in [3.63, 3.8) is 0 Å². The minimum Gasteiger partial charge on any atom is -0.508 e. The third-order valence-electron chi connectivity index (χ3n) is 13.4. The summed E-state index contributed by atoms with van der Waals surface area (Å²) in [6.07, 6.45) is 0.835. The summed E-state index contributed by atoms with van der Waals surface area (Å²) >= 11 is 0. The number of aliphatic carboxylic acids is 3. The topological polar surface area (TPSA) is 387 Å². The van der Waals surface area contributed by atoms with Crippen LogP contribution in [0, 0.1) is 0 Å². The molecule has 2 atom stereocenters. The normalized spacial score (nSPS) is 14.7. The van der Waals surface area contributed by atoms with E-state index in [1.54, 1.807) is 58.0 Å². The third kappa shape index (κ3) is 32.1. The molecule has 0 aromatic heterocycles. The Hall–Kier alpha value is -8.03. The summed E-state index contributed by atoms with van der Waals surface area (Å²) in [4.78, 5) is 110. The van der Waals surface area contributed by atoms with E-state index in [2.05, 4.69) is 36.9 Å². The summed E-state index contributed by atoms with van der Waals surface area (Å²) in [5, 5.41) is 54.7. The molecule has 3 aromatic carbocycles. The first-order valence-electron chi connectivity index (χ1n) is 29.4. The first kappa shape index (κ1) is 72.4. The molecule has 486 valence electrons. The maximum absolute atomic E-state index is 14.4. The molecule has 29 heteroatoms. The number of aromatic hydroxyl groups is 1. The molecule has 6 amide bonds. The largest absolute Gasteiger partial charge is 0.508 e. The molecule has 0 aliphatic carbocycles. The van der Waals surface area contributed by atoms with Gasteiger partial charge in [-0.2, -0.15) is 4.99 Å². The first-order chi connectivity index (χ1) is 42.5. The number of ether oxygens (including phenoxy) is 5. The molecule has 1 fully saturated rings. The summed E-state index contributed by atoms with van der Waals surface area (Å²) in [7, 11) is 0. The number of hydrogen-bond donors (Lipinski definition) is 11. The van der Waals surface area contributed by atoms with E-state index in [1.165, 1.54) is 12.1 Å². The van der Waals surface area contributed by atoms with Crippen molar-refractivity contribution in [1.82, 2.24) is 51.5 Å². The molecule has 88 heavy (non-hydrogen) atoms. The van der Waals surface area contributed by atoms with Gasteiger partial charge >= 0.3 is 23.9 Å². The Balaban J connectivity index is 1.15. The Labute approximate surface area is 512 Å². The molecule has 4 rings (SSSR count). The van der Waals surface area contributed by atoms with Crippen LogP contribution < -0.4 is 42.4 Å². The van der Waals surface area contributed by atoms with E-state index >= 15 is 0 Å². The van der Waals surface area contributed by atoms with Crippen LogP contribution in [0.4, 0.5) is 4.79 Å². The third-order valence-corrected chi connectivity index (χ3v) is 13.4. The summed E-state index contributed by atoms with van der Waals surface area (Å²) in [6, 6.07) is 20.9. The number of carbonyl (C=O) groups excluding carboxylic acids is 5. The van der Waals surface area contributed by atoms with Crippen molar-refractivity contribution in [3.05, 3.63) is 95.6 Å². The van der Waals surface area contributed by atoms with E-state index in [0.29, 0.717) is 88.9 Å². The summed E-state index contributed by atoms with van der Waals surface area (Å²) in [5.74, 6) is -4.82. The number of guanidine groups is 1. The molecule has 0 radical (unpaired) electrons. The fourth-order valence-electron chi connectivity index (χ4n) is 8.87. The number of nitrogens with two attached hydrogens (primary N) is 1. The molecule has 0 spiro atoms. The molecule has 12 N–H and O–H groups in total. The van der Waals surface area contributed by atoms with Crippen LogP contribution in [0.5, 0.6) is 11.5 Å². The fourth-order valence-corrected chi connectivity index (χ4v) is 8.87. The van der Waals surface area contributed by atoms with E-state index < -0.39 is 47.7 Å². The number of nitrogens with zero attached hydrogens (tertiary/aromatic N) is 5. The van der Waals surface area contributed by atoms with Crippen molar-refractivity contribution in [2.75, 3.05) is 164 Å². The number of aliphatic imine (C=N–C) groups is 1. The molecule has 0 unspecified atom stereocenters. The maximum atomic E-state index is 14.4. The number of amides is 6. The summed E-state index contributed by atoms with van der Waals surface area (Å²) in [5.41, 5.74) is 7.96. The van der Waals surface area contributed by atoms with Crippen LogP contribution in [-0.2, 0) is 59.1 Å². The quantitative estimate of drug-likeness (QED) is 0.0191. The number of carboxylic acid groups (broad SMARTS) is 3. The van der Waals surface area contributed by atoms with E-state index in [0.717, 1.165) is 5.56 Å². The number of hydrogen-bond acceptors (Lipinski definition) is 18. The second kappa shape index (κ2) is 42.8. The van der Waals surface area contributed by atoms with Gasteiger partial charge in [0.1, 0.15) is 24.1 Å². The second-order valence-corrected chi connectivity index (χ2v) is 20.3. The highest BCUT2D eigenvalue weighted by Gasteiger charge is 2.29. The van der Waals surface area contributed by atoms with Gasteiger partial charge in [-0.15, -0.1) is 0 Å². The predicted octanol–water partition coefficient (Wildman–Crippen LogP) is -0.718. The molecule has 0 saturated carbocycles. The van der Waals surface area contributed by atoms with Crippen molar-refractivity contribution < 1.29 is 82.5 Å². The van der Waals surface area contributed by atoms with Crippen molar-refractivity contribution in [2.45, 2.75) is 44.7 Å². The van der Waals surface area contributed by atoms with Gasteiger partial charge < -0.3 is 81.7 Å². The Morgan fingerprint density at radius 2 is 1.03 bits per heavy atom. The van der Waals surface area contributed by atoms with Gasteiger partial charge in [-0.25, -0.2) is 4.79 Å². The standard InChI is InChI=1S/C59H88N12O17/c1-2-50(73)61-18-19-64-59(83)67-58(60)63-17-7-12-49(56(81)65-39-44-13-15-47(72)16-14-44)66-57(82)55(45-8-4-3-5-9-45)46-10-6-11-48(38-46)88-37-36-87-35-34-86-33-32-85-31-30-84-29-20-62-51(74)40-68-21-23-69(41-52(75)76)25-27-71(43-54(79)80)28-26-70(24-22-68)42-53(77)78/h3-6,8-11,13-16,38,49,55,72H,2,7,12,17-37,39-43H2,1H3,(H,61,73)(H,62,74)(H,65,81)(H,66,82)(H,75,76)(H,77,78)(H,79,80)(H4,60,63,64,67,83)/t49-,55+/m1/s1. The zero-order valence-electron chi connectivity index (χ0n) is 50.1. The minimum absolute atomic E-state index is 0.00291. The van der Waals surface area contributed by atoms with Crippen molar-refractivity contribution in [2.24, 2.45) is 10.7 Å². The molecule has 1 saturated heterocycles. The van der Waals surface area contributed by atoms with Crippen LogP contribution in [-0.4, -0.2) is 264 Å². The Bertz CT molecular complexity index is 2590. The van der Waals surface area contributed by atoms with Gasteiger partial charge in [0.05, 0.1) is 85.0 Å². The molecule has 0 bridgehead atoms. The van der Waals surface area contributed by atoms with Gasteiger partial charge in [0, 0.05) is 91.5 Å². The lowest BCUT2D eigenvalue weighted by Crippen LogP contribution is -2.50. The number of nitrogens with one attached hydrogen (secondary N) is 6. The van der Waals surface area contributed by atoms with Crippen molar-refractivity contribution >= 4 is 53.5 Å². The van der Waals surface area contributed by atoms with Gasteiger partial charge in [-0.3, -0.25) is 53.2 Å². The lowest BCUT2D eigenvalue weighted by atomic mass is 9.90. The zero-order valence-corrected chi connectivity index (χ0v) is 50.1. The molecular formula is C59H88N12O17. The minimum atomic E-state index is -1.04. The highest BCUT2D eigenvalue weighted by atomic mass is 16.6. The number of benzene rings is 3. The van der Waals surface area contributed by atoms with Crippen LogP contribution in [0.2, 0.25) is 0 Å². The van der Waals surface area contributed by atoms with Crippen molar-refractivity contribution in [3.8, 4) is 11.5 Å². The van der Waals surface area contributed by atoms with Gasteiger partial charge in [-0.05, 0) is 53.8 Å². The first-order valence-corrected chi connectivity index (χ1v) is 29.4. The highest BCUT2D eigenvalue weighted by Crippen LogP contribution is 2.28. The average Bonchev–Trinajstić information content (AvgIpc) is 2.16. The monoisotopic (exact) mass is 1240 g/mol. The zero-order chi connectivity index (χ0) is 63.7. The molecular weight excluding hydrogens is 1150 g/mol. The van der Waals surface area contributed by atoms with Crippen LogP contribution in [0.1, 0.15) is 48.8 Å². The van der Waals surface area contributed by atoms with Gasteiger partial charge in [-0.1, -0.05) is 61.5 Å². The van der Waals surface area contributed by atoms with E-state index in [9.17, 15) is 58.8 Å². The number of carboxylic acids is 3. The average molecular weight is 1240 g/mol. The number of phenols is 1. The SMILES string of the molecule is CCC(=O)NCCNC(=O)/N=C(/N)NCCC[C@@H](NC(=O)[C@@H](c1ccccc1)c1cccc(OCCOCCOCCOCCOCCNC(=O)CN2CCN(CC(=O)O)CCN(CC(=O)O)CCN(CC(=O)O)CC2)c1)C(=O)NCc1ccc(O)cc1. The van der Waals surface area contributed by atoms with Gasteiger partial charge in [0.2, 0.25) is 23.6 Å². The van der Waals surface area contributed by atoms with Crippen LogP contribution in [0.25, 0.3) is 0 Å². The Kier molecular flexibility index (Phi) is 35.2. The van der Waals surface area contributed by atoms with E-state index in [-0.39, 0.29) is 141 Å². The number of rotatable bonds is 39. The highest BCUT2D eigenvalue weighted by molar-refractivity contribution is 5.93. The van der Waals surface area contributed by atoms with Gasteiger partial charge in [0.25, 0.3) is 0 Å². The van der Waals surface area contributed by atoms with Crippen LogP contribution >= 0.6 is 0 Å². The number of carbonyl (C=O) groups is 8. The number of phenolic OH excluding ortho intramolecular Hbond substituents is 1. The van der Waals surface area contributed by atoms with Crippen LogP contribution in [0.3, 0.4) is 0 Å². The fraction of sp³-hybridized carbons (Fsp3) is 0.542. The molecule has 29 nitrogen and oxygen atoms in total. The van der Waals surface area contributed by atoms with E-state index in [1.807, 2.05) is 35.2 Å². The summed E-state index contributed by atoms with van der Waals surface area (Å²) < 4.78 is 28.5. The lowest BCUT2D eigenvalue weighted by molar-refractivity contribution is -0.140. The lowest BCUT2D eigenvalue weighted by Gasteiger charge is -2.32. The number of urea groups is 1. The predicted molar refractivity (Wildman–Crippen MR) is 323 cm³/mol. The van der Waals surface area contributed by atoms with Gasteiger partial charge in [0.15, 0.2) is 5.96 Å². The van der Waals surface area contributed by atoms with Crippen molar-refractivity contribution in [1.29, 1.82) is 0 Å². The molecule has 3 aromatic rings. The second-order valence-electron chi connectivity index (χ2n) is 20.3. The van der Waals surface area contributed by atoms with Crippen LogP contribution in [0.15, 0.2) is 83.9 Å². The molecule has 1 aliphatic heterocycles. The molecule has 1 heterocycles. The summed E-state index contributed by atoms with van der Waals surface area (Å²) in [6.45, 7) is 6.80. The van der Waals surface area contributed by atoms with E-state index in [4.69, 9.17) is 29.4 Å². The Morgan fingerprint density at radius 3 is 1.58 bits per heavy atom. The maximum Gasteiger partial charge on any atom is 0.344 e. The smallest absolute Gasteiger partial charge is 0.344 e. The molecule has 1 aliphatic rings.